The molecule has 5 aromatic rings. The molecule has 4 aromatic carbocycles. The minimum atomic E-state index is -2.34. The van der Waals surface area contributed by atoms with E-state index in [0.717, 1.165) is 31.7 Å². The Balaban J connectivity index is 1.27. The summed E-state index contributed by atoms with van der Waals surface area (Å²) >= 11 is 2.30. The number of halogens is 1. The third-order valence-corrected chi connectivity index (χ3v) is 16.3. The lowest BCUT2D eigenvalue weighted by Crippen LogP contribution is -2.51. The third kappa shape index (κ3) is 6.45. The predicted octanol–water partition coefficient (Wildman–Crippen LogP) is 6.88. The van der Waals surface area contributed by atoms with E-state index in [1.807, 2.05) is 76.4 Å². The molecule has 52 heavy (non-hydrogen) atoms. The molecule has 11 heteroatoms. The van der Waals surface area contributed by atoms with Gasteiger partial charge in [-0.1, -0.05) is 85.0 Å². The number of anilines is 1. The van der Waals surface area contributed by atoms with Crippen molar-refractivity contribution in [1.82, 2.24) is 15.0 Å². The Bertz CT molecular complexity index is 2020. The van der Waals surface area contributed by atoms with Gasteiger partial charge in [-0.3, -0.25) is 9.48 Å². The summed E-state index contributed by atoms with van der Waals surface area (Å²) in [6.07, 6.45) is 2.30. The number of benzene rings is 4. The number of hydrogen-bond donors (Lipinski definition) is 1. The number of carbonyl (C=O) groups is 1. The predicted molar refractivity (Wildman–Crippen MR) is 213 cm³/mol. The number of rotatable bonds is 12. The Hall–Kier alpha value is -4.04. The number of fused-ring (bicyclic) bond motifs is 2. The lowest BCUT2D eigenvalue weighted by atomic mass is 9.82. The number of aliphatic hydroxyl groups is 1. The summed E-state index contributed by atoms with van der Waals surface area (Å²) in [6.45, 7) is 7.90. The van der Waals surface area contributed by atoms with Crippen LogP contribution in [0.4, 0.5) is 5.69 Å². The monoisotopic (exact) mass is 828 g/mol. The first-order chi connectivity index (χ1) is 25.1. The summed E-state index contributed by atoms with van der Waals surface area (Å²) in [5.41, 5.74) is 3.35. The van der Waals surface area contributed by atoms with Gasteiger partial charge >= 0.3 is 0 Å². The summed E-state index contributed by atoms with van der Waals surface area (Å²) in [4.78, 5) is 17.0. The SMILES string of the molecule is COc1ccc([Si](C)(C)[C@@H]2[C@@H](CCn3cc(C(CO)c4ccccc4)nn3)O[C@]3(C(=O)N(Cc4ccc(I)cc4)c4ccc(OC)cc43)[C@H]2C)cc1. The van der Waals surface area contributed by atoms with Gasteiger partial charge in [0.1, 0.15) is 11.5 Å². The number of aromatic nitrogens is 3. The van der Waals surface area contributed by atoms with E-state index in [2.05, 4.69) is 89.3 Å². The van der Waals surface area contributed by atoms with Crippen molar-refractivity contribution < 1.29 is 24.1 Å². The van der Waals surface area contributed by atoms with Crippen molar-refractivity contribution in [2.75, 3.05) is 25.7 Å². The molecule has 7 rings (SSSR count). The smallest absolute Gasteiger partial charge is 0.264 e. The molecule has 0 radical (unpaired) electrons. The Morgan fingerprint density at radius 2 is 1.65 bits per heavy atom. The molecule has 1 amide bonds. The van der Waals surface area contributed by atoms with Crippen molar-refractivity contribution in [3.63, 3.8) is 0 Å². The van der Waals surface area contributed by atoms with E-state index in [1.54, 1.807) is 14.2 Å². The van der Waals surface area contributed by atoms with Crippen molar-refractivity contribution in [2.24, 2.45) is 5.92 Å². The van der Waals surface area contributed by atoms with Gasteiger partial charge < -0.3 is 24.2 Å². The molecule has 0 aliphatic carbocycles. The van der Waals surface area contributed by atoms with Crippen LogP contribution in [0, 0.1) is 9.49 Å². The average molecular weight is 829 g/mol. The fourth-order valence-electron chi connectivity index (χ4n) is 8.52. The van der Waals surface area contributed by atoms with Crippen molar-refractivity contribution in [3.8, 4) is 11.5 Å². The van der Waals surface area contributed by atoms with Gasteiger partial charge in [0.05, 0.1) is 58.8 Å². The summed E-state index contributed by atoms with van der Waals surface area (Å²) < 4.78 is 21.6. The van der Waals surface area contributed by atoms with E-state index in [4.69, 9.17) is 14.2 Å². The van der Waals surface area contributed by atoms with Crippen LogP contribution < -0.4 is 19.6 Å². The fraction of sp³-hybridized carbons (Fsp3) is 0.341. The van der Waals surface area contributed by atoms with Crippen LogP contribution in [0.3, 0.4) is 0 Å². The van der Waals surface area contributed by atoms with Crippen molar-refractivity contribution >= 4 is 47.4 Å². The summed E-state index contributed by atoms with van der Waals surface area (Å²) in [7, 11) is 1.000. The molecule has 1 unspecified atom stereocenters. The zero-order chi connectivity index (χ0) is 36.6. The minimum Gasteiger partial charge on any atom is -0.497 e. The second-order valence-electron chi connectivity index (χ2n) is 14.4. The number of aliphatic hydroxyl groups excluding tert-OH is 1. The van der Waals surface area contributed by atoms with Crippen molar-refractivity contribution in [2.45, 2.75) is 62.7 Å². The molecule has 2 aliphatic rings. The summed E-state index contributed by atoms with van der Waals surface area (Å²) in [5.74, 6) is 1.05. The zero-order valence-electron chi connectivity index (χ0n) is 30.2. The van der Waals surface area contributed by atoms with Gasteiger partial charge in [-0.15, -0.1) is 5.10 Å². The number of methoxy groups -OCH3 is 2. The highest BCUT2D eigenvalue weighted by Gasteiger charge is 2.66. The van der Waals surface area contributed by atoms with Crippen LogP contribution in [0.25, 0.3) is 0 Å². The minimum absolute atomic E-state index is 0.0366. The van der Waals surface area contributed by atoms with E-state index >= 15 is 4.79 Å². The molecule has 1 saturated heterocycles. The van der Waals surface area contributed by atoms with Gasteiger partial charge in [-0.05, 0) is 88.1 Å². The molecule has 270 valence electrons. The van der Waals surface area contributed by atoms with E-state index < -0.39 is 13.7 Å². The highest BCUT2D eigenvalue weighted by molar-refractivity contribution is 14.1. The summed E-state index contributed by atoms with van der Waals surface area (Å²) in [6, 6.07) is 32.5. The fourth-order valence-corrected chi connectivity index (χ4v) is 12.9. The molecule has 0 bridgehead atoms. The number of aryl methyl sites for hydroxylation is 1. The van der Waals surface area contributed by atoms with Crippen LogP contribution >= 0.6 is 22.6 Å². The maximum atomic E-state index is 15.1. The topological polar surface area (TPSA) is 98.9 Å². The molecule has 3 heterocycles. The standard InChI is InChI=1S/C41H45IN4O5Si/c1-27-39(52(4,5)33-18-15-31(49-2)16-19-33)38(21-22-45-25-36(43-44-45)34(26-47)29-9-7-6-8-10-29)51-41(27)35-23-32(50-3)17-20-37(35)46(40(41)48)24-28-11-13-30(42)14-12-28/h6-20,23,25,27,34,38-39,47H,21-22,24,26H2,1-5H3/t27-,34?,38+,39-,41+/m0/s1. The zero-order valence-corrected chi connectivity index (χ0v) is 33.4. The van der Waals surface area contributed by atoms with E-state index in [9.17, 15) is 5.11 Å². The molecule has 2 aliphatic heterocycles. The lowest BCUT2D eigenvalue weighted by molar-refractivity contribution is -0.146. The van der Waals surface area contributed by atoms with Gasteiger partial charge in [-0.2, -0.15) is 0 Å². The van der Waals surface area contributed by atoms with Crippen LogP contribution in [-0.4, -0.2) is 61.0 Å². The highest BCUT2D eigenvalue weighted by Crippen LogP contribution is 2.60. The number of nitrogens with zero attached hydrogens (tertiary/aromatic N) is 4. The molecule has 1 fully saturated rings. The molecular weight excluding hydrogens is 783 g/mol. The average Bonchev–Trinajstić information content (AvgIpc) is 3.82. The largest absolute Gasteiger partial charge is 0.497 e. The van der Waals surface area contributed by atoms with Crippen molar-refractivity contribution in [3.05, 3.63) is 129 Å². The Labute approximate surface area is 320 Å². The first kappa shape index (κ1) is 36.3. The second kappa shape index (κ2) is 14.8. The first-order valence-electron chi connectivity index (χ1n) is 17.7. The Kier molecular flexibility index (Phi) is 10.3. The molecular formula is C41H45IN4O5Si. The van der Waals surface area contributed by atoms with E-state index in [0.29, 0.717) is 31.0 Å². The van der Waals surface area contributed by atoms with Gasteiger partial charge in [0.25, 0.3) is 5.91 Å². The molecule has 1 N–H and O–H groups in total. The Morgan fingerprint density at radius 1 is 0.962 bits per heavy atom. The van der Waals surface area contributed by atoms with Crippen molar-refractivity contribution in [1.29, 1.82) is 0 Å². The molecule has 0 saturated carbocycles. The third-order valence-electron chi connectivity index (χ3n) is 11.2. The van der Waals surface area contributed by atoms with Gasteiger partial charge in [0, 0.05) is 27.8 Å². The highest BCUT2D eigenvalue weighted by atomic mass is 127. The van der Waals surface area contributed by atoms with Crippen LogP contribution in [-0.2, 0) is 28.2 Å². The molecule has 1 aromatic heterocycles. The van der Waals surface area contributed by atoms with Gasteiger partial charge in [0.15, 0.2) is 5.60 Å². The van der Waals surface area contributed by atoms with Crippen LogP contribution in [0.5, 0.6) is 11.5 Å². The maximum Gasteiger partial charge on any atom is 0.264 e. The Morgan fingerprint density at radius 3 is 2.33 bits per heavy atom. The molecule has 5 atom stereocenters. The normalized spacial score (nSPS) is 21.8. The van der Waals surface area contributed by atoms with Crippen LogP contribution in [0.1, 0.15) is 41.6 Å². The van der Waals surface area contributed by atoms with Crippen LogP contribution in [0.15, 0.2) is 103 Å². The first-order valence-corrected chi connectivity index (χ1v) is 21.9. The summed E-state index contributed by atoms with van der Waals surface area (Å²) in [5, 5.41) is 20.5. The second-order valence-corrected chi connectivity index (χ2v) is 20.3. The number of amides is 1. The van der Waals surface area contributed by atoms with E-state index in [1.165, 1.54) is 5.19 Å². The van der Waals surface area contributed by atoms with Gasteiger partial charge in [-0.25, -0.2) is 0 Å². The molecule has 9 nitrogen and oxygen atoms in total. The number of hydrogen-bond acceptors (Lipinski definition) is 7. The van der Waals surface area contributed by atoms with Gasteiger partial charge in [0.2, 0.25) is 0 Å². The van der Waals surface area contributed by atoms with E-state index in [-0.39, 0.29) is 36.0 Å². The number of ether oxygens (including phenoxy) is 3. The maximum absolute atomic E-state index is 15.1. The van der Waals surface area contributed by atoms with Crippen LogP contribution in [0.2, 0.25) is 18.6 Å². The molecule has 1 spiro atoms. The quantitative estimate of drug-likeness (QED) is 0.108. The number of carbonyl (C=O) groups excluding carboxylic acids is 1. The lowest BCUT2D eigenvalue weighted by Gasteiger charge is -2.37.